The zero-order valence-corrected chi connectivity index (χ0v) is 17.8. The summed E-state index contributed by atoms with van der Waals surface area (Å²) in [4.78, 5) is 16.7. The number of nitrogens with zero attached hydrogens (tertiary/aromatic N) is 2. The third kappa shape index (κ3) is 6.27. The molecule has 0 spiro atoms. The van der Waals surface area contributed by atoms with E-state index >= 15 is 0 Å². The fraction of sp³-hybridized carbons (Fsp3) is 0.435. The number of hydrogen-bond donors (Lipinski definition) is 1. The summed E-state index contributed by atoms with van der Waals surface area (Å²) in [5, 5.41) is 9.64. The Kier molecular flexibility index (Phi) is 10.7. The van der Waals surface area contributed by atoms with Crippen molar-refractivity contribution in [2.24, 2.45) is 0 Å². The molecule has 1 aliphatic heterocycles. The maximum Gasteiger partial charge on any atom is 0.327 e. The summed E-state index contributed by atoms with van der Waals surface area (Å²) in [6.07, 6.45) is 0. The van der Waals surface area contributed by atoms with Crippen LogP contribution in [0.2, 0.25) is 0 Å². The van der Waals surface area contributed by atoms with Gasteiger partial charge < -0.3 is 14.7 Å². The van der Waals surface area contributed by atoms with Crippen LogP contribution in [0, 0.1) is 0 Å². The number of carbonyl (C=O) groups is 1. The predicted molar refractivity (Wildman–Crippen MR) is 116 cm³/mol. The van der Waals surface area contributed by atoms with E-state index in [1.54, 1.807) is 12.1 Å². The number of phenolic OH excluding ortho intramolecular Hbond substituents is 1. The van der Waals surface area contributed by atoms with Crippen molar-refractivity contribution in [2.45, 2.75) is 33.7 Å². The summed E-state index contributed by atoms with van der Waals surface area (Å²) < 4.78 is 5.02. The normalized spacial score (nSPS) is 14.7. The van der Waals surface area contributed by atoms with E-state index in [-0.39, 0.29) is 17.8 Å². The third-order valence-corrected chi connectivity index (χ3v) is 4.41. The predicted octanol–water partition coefficient (Wildman–Crippen LogP) is 4.48. The molecule has 0 aliphatic carbocycles. The van der Waals surface area contributed by atoms with Crippen molar-refractivity contribution >= 4 is 11.7 Å². The number of anilines is 1. The second-order valence-electron chi connectivity index (χ2n) is 5.88. The fourth-order valence-electron chi connectivity index (χ4n) is 3.17. The summed E-state index contributed by atoms with van der Waals surface area (Å²) in [6.45, 7) is 11.1. The molecular weight excluding hydrogens is 352 g/mol. The Morgan fingerprint density at radius 3 is 2.07 bits per heavy atom. The van der Waals surface area contributed by atoms with Crippen LogP contribution in [0.4, 0.5) is 5.69 Å². The van der Waals surface area contributed by atoms with E-state index in [2.05, 4.69) is 9.80 Å². The van der Waals surface area contributed by atoms with Gasteiger partial charge in [-0.15, -0.1) is 0 Å². The van der Waals surface area contributed by atoms with Crippen LogP contribution in [0.25, 0.3) is 0 Å². The van der Waals surface area contributed by atoms with Crippen LogP contribution < -0.4 is 4.90 Å². The summed E-state index contributed by atoms with van der Waals surface area (Å²) in [7, 11) is 1.43. The van der Waals surface area contributed by atoms with E-state index < -0.39 is 0 Å². The van der Waals surface area contributed by atoms with E-state index in [0.717, 1.165) is 37.4 Å². The molecule has 3 rings (SSSR count). The first-order valence-electron chi connectivity index (χ1n) is 10.1. The van der Waals surface area contributed by atoms with Gasteiger partial charge in [-0.1, -0.05) is 64.1 Å². The number of benzene rings is 2. The molecular formula is C23H34N2O3. The highest BCUT2D eigenvalue weighted by Crippen LogP contribution is 2.26. The average molecular weight is 387 g/mol. The first-order valence-corrected chi connectivity index (χ1v) is 10.1. The molecule has 0 radical (unpaired) electrons. The van der Waals surface area contributed by atoms with E-state index in [0.29, 0.717) is 0 Å². The van der Waals surface area contributed by atoms with Crippen molar-refractivity contribution < 1.29 is 14.6 Å². The minimum atomic E-state index is -0.373. The molecule has 0 aromatic heterocycles. The van der Waals surface area contributed by atoms with Gasteiger partial charge in [0.15, 0.2) is 0 Å². The molecule has 1 atom stereocenters. The van der Waals surface area contributed by atoms with E-state index in [9.17, 15) is 9.90 Å². The van der Waals surface area contributed by atoms with Crippen molar-refractivity contribution in [1.82, 2.24) is 4.90 Å². The third-order valence-electron chi connectivity index (χ3n) is 4.41. The number of aromatic hydroxyl groups is 1. The largest absolute Gasteiger partial charge is 0.508 e. The Morgan fingerprint density at radius 1 is 0.929 bits per heavy atom. The number of esters is 1. The van der Waals surface area contributed by atoms with E-state index in [1.165, 1.54) is 7.11 Å². The number of rotatable bonds is 4. The highest BCUT2D eigenvalue weighted by atomic mass is 16.5. The van der Waals surface area contributed by atoms with Crippen molar-refractivity contribution in [3.05, 3.63) is 60.2 Å². The van der Waals surface area contributed by atoms with Crippen LogP contribution >= 0.6 is 0 Å². The number of piperazine rings is 1. The van der Waals surface area contributed by atoms with Crippen LogP contribution in [0.1, 0.15) is 39.3 Å². The number of ether oxygens (including phenoxy) is 1. The molecule has 5 nitrogen and oxygen atoms in total. The van der Waals surface area contributed by atoms with Crippen molar-refractivity contribution in [1.29, 1.82) is 0 Å². The number of carbonyl (C=O) groups excluding carboxylic acids is 1. The number of phenols is 1. The van der Waals surface area contributed by atoms with Gasteiger partial charge in [-0.05, 0) is 17.7 Å². The summed E-state index contributed by atoms with van der Waals surface area (Å²) in [5.74, 6) is 0.0404. The minimum absolute atomic E-state index is 0.230. The molecule has 1 unspecified atom stereocenters. The molecule has 0 amide bonds. The lowest BCUT2D eigenvalue weighted by molar-refractivity contribution is -0.147. The van der Waals surface area contributed by atoms with Gasteiger partial charge in [0.05, 0.1) is 7.11 Å². The molecule has 0 saturated carbocycles. The highest BCUT2D eigenvalue weighted by molar-refractivity contribution is 5.77. The van der Waals surface area contributed by atoms with Crippen LogP contribution in [0.5, 0.6) is 5.75 Å². The first kappa shape index (κ1) is 23.5. The molecule has 1 aliphatic rings. The maximum atomic E-state index is 12.3. The lowest BCUT2D eigenvalue weighted by atomic mass is 10.0. The van der Waals surface area contributed by atoms with Gasteiger partial charge in [-0.25, -0.2) is 4.79 Å². The second kappa shape index (κ2) is 12.8. The van der Waals surface area contributed by atoms with E-state index in [4.69, 9.17) is 4.74 Å². The quantitative estimate of drug-likeness (QED) is 0.785. The van der Waals surface area contributed by atoms with Crippen LogP contribution in [-0.4, -0.2) is 49.3 Å². The second-order valence-corrected chi connectivity index (χ2v) is 5.88. The first-order chi connectivity index (χ1) is 13.7. The average Bonchev–Trinajstić information content (AvgIpc) is 2.78. The minimum Gasteiger partial charge on any atom is -0.508 e. The molecule has 2 aromatic rings. The number of methoxy groups -OCH3 is 1. The van der Waals surface area contributed by atoms with Gasteiger partial charge in [-0.3, -0.25) is 4.90 Å². The number of hydrogen-bond acceptors (Lipinski definition) is 5. The standard InChI is InChI=1S/C19H22N2O3.2C2H6/c1-24-19(23)18(15-6-3-2-4-7-15)21-12-10-20(11-13-21)16-8-5-9-17(22)14-16;2*1-2/h2-9,14,18,22H,10-13H2,1H3;2*1-2H3. The summed E-state index contributed by atoms with van der Waals surface area (Å²) in [5.41, 5.74) is 1.96. The van der Waals surface area contributed by atoms with Crippen molar-refractivity contribution in [3.63, 3.8) is 0 Å². The molecule has 154 valence electrons. The van der Waals surface area contributed by atoms with Crippen LogP contribution in [-0.2, 0) is 9.53 Å². The fourth-order valence-corrected chi connectivity index (χ4v) is 3.17. The maximum absolute atomic E-state index is 12.3. The molecule has 1 saturated heterocycles. The van der Waals surface area contributed by atoms with Crippen LogP contribution in [0.15, 0.2) is 54.6 Å². The van der Waals surface area contributed by atoms with Gasteiger partial charge >= 0.3 is 5.97 Å². The van der Waals surface area contributed by atoms with Gasteiger partial charge in [0, 0.05) is 37.9 Å². The molecule has 1 heterocycles. The van der Waals surface area contributed by atoms with Gasteiger partial charge in [-0.2, -0.15) is 0 Å². The molecule has 0 bridgehead atoms. The van der Waals surface area contributed by atoms with Crippen molar-refractivity contribution in [2.75, 3.05) is 38.2 Å². The Balaban J connectivity index is 0.000000921. The molecule has 28 heavy (non-hydrogen) atoms. The zero-order valence-electron chi connectivity index (χ0n) is 17.8. The van der Waals surface area contributed by atoms with Crippen molar-refractivity contribution in [3.8, 4) is 5.75 Å². The lowest BCUT2D eigenvalue weighted by Crippen LogP contribution is -2.49. The Morgan fingerprint density at radius 2 is 1.54 bits per heavy atom. The Bertz CT molecular complexity index is 683. The Hall–Kier alpha value is -2.53. The van der Waals surface area contributed by atoms with Gasteiger partial charge in [0.25, 0.3) is 0 Å². The molecule has 2 aromatic carbocycles. The summed E-state index contributed by atoms with van der Waals surface area (Å²) in [6, 6.07) is 16.6. The molecule has 1 N–H and O–H groups in total. The SMILES string of the molecule is CC.CC.COC(=O)C(c1ccccc1)N1CCN(c2cccc(O)c2)CC1. The molecule has 1 fully saturated rings. The summed E-state index contributed by atoms with van der Waals surface area (Å²) >= 11 is 0. The smallest absolute Gasteiger partial charge is 0.327 e. The topological polar surface area (TPSA) is 53.0 Å². The van der Waals surface area contributed by atoms with Crippen LogP contribution in [0.3, 0.4) is 0 Å². The monoisotopic (exact) mass is 386 g/mol. The zero-order chi connectivity index (χ0) is 20.9. The van der Waals surface area contributed by atoms with Gasteiger partial charge in [0.2, 0.25) is 0 Å². The molecule has 5 heteroatoms. The lowest BCUT2D eigenvalue weighted by Gasteiger charge is -2.39. The Labute approximate surface area is 169 Å². The highest BCUT2D eigenvalue weighted by Gasteiger charge is 2.31. The van der Waals surface area contributed by atoms with Gasteiger partial charge in [0.1, 0.15) is 11.8 Å². The van der Waals surface area contributed by atoms with E-state index in [1.807, 2.05) is 70.2 Å².